The number of cyclic esters (lactones) is 1. The van der Waals surface area contributed by atoms with Gasteiger partial charge in [-0.2, -0.15) is 0 Å². The van der Waals surface area contributed by atoms with E-state index in [1.165, 1.54) is 30.7 Å². The van der Waals surface area contributed by atoms with Crippen LogP contribution in [0, 0.1) is 0 Å². The highest BCUT2D eigenvalue weighted by molar-refractivity contribution is 8.13. The molecule has 0 fully saturated rings. The Labute approximate surface area is 275 Å². The maximum Gasteiger partial charge on any atom is 0.329 e. The van der Waals surface area contributed by atoms with Crippen molar-refractivity contribution in [3.05, 3.63) is 47.4 Å². The van der Waals surface area contributed by atoms with Gasteiger partial charge in [-0.25, -0.2) is 9.78 Å². The van der Waals surface area contributed by atoms with E-state index < -0.39 is 29.9 Å². The number of esters is 1. The molecule has 0 unspecified atom stereocenters. The first-order valence-electron chi connectivity index (χ1n) is 15.9. The van der Waals surface area contributed by atoms with Crippen LogP contribution in [0.5, 0.6) is 0 Å². The molecule has 2 heterocycles. The third-order valence-electron chi connectivity index (χ3n) is 6.90. The SMILES string of the molecule is C/C=C1\NC(=O)c2ccc(SCCC)c(n2)CNC(=O)C[C@@H](/C=C/CCSC(=O)CCCCCCC)OC(=O)[C@H](CC)NC1=O. The summed E-state index contributed by atoms with van der Waals surface area (Å²) in [5, 5.41) is 8.22. The molecule has 1 aromatic heterocycles. The van der Waals surface area contributed by atoms with Crippen molar-refractivity contribution in [1.82, 2.24) is 20.9 Å². The predicted molar refractivity (Wildman–Crippen MR) is 180 cm³/mol. The molecule has 1 aromatic rings. The highest BCUT2D eigenvalue weighted by Gasteiger charge is 2.27. The molecular formula is C33H48N4O6S2. The highest BCUT2D eigenvalue weighted by Crippen LogP contribution is 2.23. The molecule has 0 aromatic carbocycles. The van der Waals surface area contributed by atoms with E-state index in [1.807, 2.05) is 6.08 Å². The van der Waals surface area contributed by atoms with Crippen LogP contribution in [0.25, 0.3) is 0 Å². The number of nitrogens with one attached hydrogen (secondary N) is 3. The summed E-state index contributed by atoms with van der Waals surface area (Å²) in [4.78, 5) is 69.7. The average Bonchev–Trinajstić information content (AvgIpc) is 3.03. The standard InChI is InChI=1S/C33H48N4O6S2/c1-5-9-10-11-12-16-30(39)45-20-14-13-15-23-21-29(38)34-22-27-28(44-19-6-2)18-17-26(35-27)32(41)36-24(7-3)31(40)37-25(8-4)33(42)43-23/h7,13,15,17-18,23,25H,5-6,8-12,14,16,19-22H2,1-4H3,(H,34,38)(H,36,41)(H,37,40)/b15-13+,24-7-/t23-,25+/m1/s1. The quantitative estimate of drug-likeness (QED) is 0.0763. The van der Waals surface area contributed by atoms with E-state index in [-0.39, 0.29) is 41.8 Å². The number of hydrogen-bond donors (Lipinski definition) is 3. The summed E-state index contributed by atoms with van der Waals surface area (Å²) in [6, 6.07) is 2.37. The Balaban J connectivity index is 2.19. The van der Waals surface area contributed by atoms with Gasteiger partial charge in [-0.1, -0.05) is 70.4 Å². The van der Waals surface area contributed by atoms with Crippen molar-refractivity contribution < 1.29 is 28.7 Å². The molecule has 0 aliphatic carbocycles. The average molecular weight is 661 g/mol. The van der Waals surface area contributed by atoms with Gasteiger partial charge in [0, 0.05) is 17.1 Å². The number of allylic oxidation sites excluding steroid dienone is 2. The summed E-state index contributed by atoms with van der Waals surface area (Å²) >= 11 is 2.86. The normalized spacial score (nSPS) is 19.2. The Hall–Kier alpha value is -3.12. The molecule has 3 N–H and O–H groups in total. The summed E-state index contributed by atoms with van der Waals surface area (Å²) in [6.07, 6.45) is 11.7. The lowest BCUT2D eigenvalue weighted by molar-refractivity contribution is -0.151. The van der Waals surface area contributed by atoms with Crippen molar-refractivity contribution in [2.75, 3.05) is 11.5 Å². The molecule has 3 amide bonds. The number of amides is 3. The molecule has 0 saturated carbocycles. The Morgan fingerprint density at radius 1 is 1.02 bits per heavy atom. The molecule has 10 nitrogen and oxygen atoms in total. The maximum absolute atomic E-state index is 13.1. The number of carbonyl (C=O) groups excluding carboxylic acids is 5. The van der Waals surface area contributed by atoms with Crippen molar-refractivity contribution in [3.63, 3.8) is 0 Å². The van der Waals surface area contributed by atoms with E-state index in [0.29, 0.717) is 24.3 Å². The Morgan fingerprint density at radius 2 is 1.80 bits per heavy atom. The van der Waals surface area contributed by atoms with Gasteiger partial charge in [0.05, 0.1) is 18.7 Å². The minimum absolute atomic E-state index is 0.0242. The van der Waals surface area contributed by atoms with E-state index in [1.54, 1.807) is 43.8 Å². The van der Waals surface area contributed by atoms with Crippen LogP contribution in [-0.4, -0.2) is 57.4 Å². The van der Waals surface area contributed by atoms with Crippen molar-refractivity contribution in [3.8, 4) is 0 Å². The van der Waals surface area contributed by atoms with Crippen LogP contribution in [0.3, 0.4) is 0 Å². The first kappa shape index (κ1) is 38.1. The molecule has 12 heteroatoms. The van der Waals surface area contributed by atoms with Crippen LogP contribution in [0.4, 0.5) is 0 Å². The number of pyridine rings is 1. The Kier molecular flexibility index (Phi) is 18.3. The molecule has 0 saturated heterocycles. The topological polar surface area (TPSA) is 144 Å². The molecule has 1 aliphatic heterocycles. The Morgan fingerprint density at radius 3 is 2.51 bits per heavy atom. The van der Waals surface area contributed by atoms with E-state index in [2.05, 4.69) is 34.8 Å². The van der Waals surface area contributed by atoms with Crippen LogP contribution in [0.15, 0.2) is 41.0 Å². The number of nitrogens with zero attached hydrogens (tertiary/aromatic N) is 1. The maximum atomic E-state index is 13.1. The first-order chi connectivity index (χ1) is 21.7. The van der Waals surface area contributed by atoms with Gasteiger partial charge in [0.2, 0.25) is 5.91 Å². The molecular weight excluding hydrogens is 613 g/mol. The second kappa shape index (κ2) is 21.6. The second-order valence-corrected chi connectivity index (χ2v) is 12.9. The number of unbranched alkanes of at least 4 members (excludes halogenated alkanes) is 4. The zero-order chi connectivity index (χ0) is 33.0. The fourth-order valence-electron chi connectivity index (χ4n) is 4.35. The first-order valence-corrected chi connectivity index (χ1v) is 17.9. The third kappa shape index (κ3) is 14.2. The predicted octanol–water partition coefficient (Wildman–Crippen LogP) is 5.61. The van der Waals surface area contributed by atoms with E-state index in [9.17, 15) is 24.0 Å². The van der Waals surface area contributed by atoms with Gasteiger partial charge in [-0.05, 0) is 56.6 Å². The number of rotatable bonds is 14. The van der Waals surface area contributed by atoms with Crippen molar-refractivity contribution in [1.29, 1.82) is 0 Å². The smallest absolute Gasteiger partial charge is 0.329 e. The number of aromatic nitrogens is 1. The molecule has 2 rings (SSSR count). The highest BCUT2D eigenvalue weighted by atomic mass is 32.2. The minimum atomic E-state index is -0.999. The van der Waals surface area contributed by atoms with Crippen molar-refractivity contribution in [2.24, 2.45) is 0 Å². The van der Waals surface area contributed by atoms with Gasteiger partial charge < -0.3 is 20.7 Å². The number of hydrogen-bond acceptors (Lipinski definition) is 9. The molecule has 1 aliphatic rings. The zero-order valence-corrected chi connectivity index (χ0v) is 28.6. The molecule has 248 valence electrons. The number of ether oxygens (including phenoxy) is 1. The molecule has 45 heavy (non-hydrogen) atoms. The fraction of sp³-hybridized carbons (Fsp3) is 0.576. The van der Waals surface area contributed by atoms with Crippen molar-refractivity contribution in [2.45, 2.75) is 115 Å². The van der Waals surface area contributed by atoms with E-state index in [0.717, 1.165) is 36.3 Å². The lowest BCUT2D eigenvalue weighted by atomic mass is 10.1. The molecule has 0 spiro atoms. The number of fused-ring (bicyclic) bond motifs is 2. The van der Waals surface area contributed by atoms with Crippen LogP contribution in [0.2, 0.25) is 0 Å². The van der Waals surface area contributed by atoms with Crippen LogP contribution in [-0.2, 0) is 30.5 Å². The Bertz CT molecular complexity index is 1220. The van der Waals surface area contributed by atoms with Crippen LogP contribution >= 0.6 is 23.5 Å². The molecule has 2 bridgehead atoms. The lowest BCUT2D eigenvalue weighted by Gasteiger charge is -2.21. The molecule has 0 radical (unpaired) electrons. The summed E-state index contributed by atoms with van der Waals surface area (Å²) in [5.74, 6) is -0.871. The lowest BCUT2D eigenvalue weighted by Crippen LogP contribution is -2.46. The fourth-order valence-corrected chi connectivity index (χ4v) is 5.99. The van der Waals surface area contributed by atoms with Crippen LogP contribution in [0.1, 0.15) is 108 Å². The van der Waals surface area contributed by atoms with Gasteiger partial charge in [-0.15, -0.1) is 11.8 Å². The molecule has 2 atom stereocenters. The summed E-state index contributed by atoms with van der Waals surface area (Å²) in [7, 11) is 0. The number of thioether (sulfide) groups is 2. The second-order valence-electron chi connectivity index (χ2n) is 10.6. The van der Waals surface area contributed by atoms with Gasteiger partial charge in [0.1, 0.15) is 23.5 Å². The van der Waals surface area contributed by atoms with Crippen LogP contribution < -0.4 is 16.0 Å². The monoisotopic (exact) mass is 660 g/mol. The largest absolute Gasteiger partial charge is 0.456 e. The van der Waals surface area contributed by atoms with Gasteiger partial charge in [0.25, 0.3) is 11.8 Å². The zero-order valence-electron chi connectivity index (χ0n) is 26.9. The minimum Gasteiger partial charge on any atom is -0.456 e. The van der Waals surface area contributed by atoms with Gasteiger partial charge >= 0.3 is 5.97 Å². The van der Waals surface area contributed by atoms with E-state index in [4.69, 9.17) is 4.74 Å². The summed E-state index contributed by atoms with van der Waals surface area (Å²) in [5.41, 5.74) is 0.596. The summed E-state index contributed by atoms with van der Waals surface area (Å²) < 4.78 is 5.70. The van der Waals surface area contributed by atoms with Gasteiger partial charge in [0.15, 0.2) is 5.12 Å². The third-order valence-corrected chi connectivity index (χ3v) is 9.16. The van der Waals surface area contributed by atoms with Crippen molar-refractivity contribution >= 4 is 52.3 Å². The van der Waals surface area contributed by atoms with E-state index >= 15 is 0 Å². The van der Waals surface area contributed by atoms with Gasteiger partial charge in [-0.3, -0.25) is 19.2 Å². The number of carbonyl (C=O) groups is 5. The summed E-state index contributed by atoms with van der Waals surface area (Å²) in [6.45, 7) is 7.61.